The van der Waals surface area contributed by atoms with Crippen LogP contribution in [-0.4, -0.2) is 26.3 Å². The molecule has 0 aliphatic rings. The van der Waals surface area contributed by atoms with E-state index in [0.29, 0.717) is 39.7 Å². The number of furan rings is 1. The number of amides is 1. The topological polar surface area (TPSA) is 96.9 Å². The van der Waals surface area contributed by atoms with Crippen LogP contribution in [0.2, 0.25) is 0 Å². The van der Waals surface area contributed by atoms with Crippen molar-refractivity contribution in [2.75, 3.05) is 14.2 Å². The molecule has 2 aromatic carbocycles. The third-order valence-electron chi connectivity index (χ3n) is 3.91. The van der Waals surface area contributed by atoms with Crippen molar-refractivity contribution in [2.45, 2.75) is 0 Å². The van der Waals surface area contributed by atoms with Gasteiger partial charge in [-0.05, 0) is 36.4 Å². The summed E-state index contributed by atoms with van der Waals surface area (Å²) in [5, 5.41) is 13.1. The largest absolute Gasteiger partial charge is 0.497 e. The van der Waals surface area contributed by atoms with Gasteiger partial charge in [-0.15, -0.1) is 0 Å². The molecule has 0 spiro atoms. The van der Waals surface area contributed by atoms with Gasteiger partial charge < -0.3 is 13.9 Å². The lowest BCUT2D eigenvalue weighted by Gasteiger charge is -2.07. The summed E-state index contributed by atoms with van der Waals surface area (Å²) in [5.74, 6) is 1.56. The van der Waals surface area contributed by atoms with Gasteiger partial charge >= 0.3 is 0 Å². The van der Waals surface area contributed by atoms with Gasteiger partial charge in [0.2, 0.25) is 0 Å². The molecule has 0 saturated heterocycles. The molecule has 140 valence electrons. The molecule has 0 radical (unpaired) electrons. The van der Waals surface area contributed by atoms with Gasteiger partial charge in [-0.3, -0.25) is 4.79 Å². The number of nitriles is 1. The molecule has 1 heterocycles. The highest BCUT2D eigenvalue weighted by atomic mass is 16.5. The Morgan fingerprint density at radius 1 is 1.11 bits per heavy atom. The molecule has 1 amide bonds. The standard InChI is InChI=1S/C21H17N3O4/c1-26-17-9-15(10-18(11-17)27-2)21(25)24-23-13-16-7-8-20(28-16)19-6-4-3-5-14(19)12-22/h3-11,13H,1-2H3,(H,24,25)/b23-13-. The number of carbonyl (C=O) groups excluding carboxylic acids is 1. The summed E-state index contributed by atoms with van der Waals surface area (Å²) in [5.41, 5.74) is 3.98. The predicted molar refractivity (Wildman–Crippen MR) is 103 cm³/mol. The van der Waals surface area contributed by atoms with E-state index in [4.69, 9.17) is 13.9 Å². The number of nitrogens with one attached hydrogen (secondary N) is 1. The normalized spacial score (nSPS) is 10.5. The van der Waals surface area contributed by atoms with Gasteiger partial charge in [-0.1, -0.05) is 12.1 Å². The molecule has 3 aromatic rings. The number of ether oxygens (including phenoxy) is 2. The first-order valence-corrected chi connectivity index (χ1v) is 8.30. The number of nitrogens with zero attached hydrogens (tertiary/aromatic N) is 2. The highest BCUT2D eigenvalue weighted by Gasteiger charge is 2.10. The molecule has 0 saturated carbocycles. The molecule has 7 heteroatoms. The number of hydrazone groups is 1. The zero-order valence-corrected chi connectivity index (χ0v) is 15.3. The first-order chi connectivity index (χ1) is 13.6. The van der Waals surface area contributed by atoms with E-state index in [1.807, 2.05) is 6.07 Å². The van der Waals surface area contributed by atoms with Crippen LogP contribution < -0.4 is 14.9 Å². The Labute approximate surface area is 161 Å². The van der Waals surface area contributed by atoms with Gasteiger partial charge in [0, 0.05) is 17.2 Å². The van der Waals surface area contributed by atoms with E-state index in [1.165, 1.54) is 20.4 Å². The lowest BCUT2D eigenvalue weighted by atomic mass is 10.1. The SMILES string of the molecule is COc1cc(OC)cc(C(=O)N/N=C\c2ccc(-c3ccccc3C#N)o2)c1. The maximum absolute atomic E-state index is 12.3. The molecule has 0 atom stereocenters. The van der Waals surface area contributed by atoms with Crippen LogP contribution in [-0.2, 0) is 0 Å². The van der Waals surface area contributed by atoms with Gasteiger partial charge in [0.15, 0.2) is 0 Å². The predicted octanol–water partition coefficient (Wildman–Crippen LogP) is 3.60. The minimum Gasteiger partial charge on any atom is -0.497 e. The number of benzene rings is 2. The van der Waals surface area contributed by atoms with Gasteiger partial charge in [-0.2, -0.15) is 10.4 Å². The molecule has 0 fully saturated rings. The molecule has 0 aliphatic carbocycles. The fraction of sp³-hybridized carbons (Fsp3) is 0.0952. The van der Waals surface area contributed by atoms with Crippen molar-refractivity contribution >= 4 is 12.1 Å². The highest BCUT2D eigenvalue weighted by molar-refractivity contribution is 5.95. The van der Waals surface area contributed by atoms with Gasteiger partial charge in [0.25, 0.3) is 5.91 Å². The van der Waals surface area contributed by atoms with Crippen molar-refractivity contribution in [3.63, 3.8) is 0 Å². The Balaban J connectivity index is 1.71. The number of rotatable bonds is 6. The summed E-state index contributed by atoms with van der Waals surface area (Å²) >= 11 is 0. The van der Waals surface area contributed by atoms with Crippen LogP contribution in [0.1, 0.15) is 21.7 Å². The van der Waals surface area contributed by atoms with E-state index in [1.54, 1.807) is 48.5 Å². The van der Waals surface area contributed by atoms with Crippen LogP contribution in [0.25, 0.3) is 11.3 Å². The van der Waals surface area contributed by atoms with Crippen LogP contribution in [0.4, 0.5) is 0 Å². The monoisotopic (exact) mass is 375 g/mol. The Morgan fingerprint density at radius 2 is 1.82 bits per heavy atom. The second kappa shape index (κ2) is 8.56. The molecule has 0 aliphatic heterocycles. The third-order valence-corrected chi connectivity index (χ3v) is 3.91. The van der Waals surface area contributed by atoms with Crippen LogP contribution in [0, 0.1) is 11.3 Å². The summed E-state index contributed by atoms with van der Waals surface area (Å²) in [4.78, 5) is 12.3. The van der Waals surface area contributed by atoms with E-state index in [0.717, 1.165) is 0 Å². The second-order valence-corrected chi connectivity index (χ2v) is 5.66. The van der Waals surface area contributed by atoms with E-state index < -0.39 is 5.91 Å². The number of hydrogen-bond donors (Lipinski definition) is 1. The van der Waals surface area contributed by atoms with Crippen LogP contribution in [0.15, 0.2) is 64.1 Å². The first-order valence-electron chi connectivity index (χ1n) is 8.30. The number of carbonyl (C=O) groups is 1. The molecule has 0 unspecified atom stereocenters. The van der Waals surface area contributed by atoms with E-state index in [-0.39, 0.29) is 0 Å². The summed E-state index contributed by atoms with van der Waals surface area (Å²) in [6, 6.07) is 17.5. The molecule has 7 nitrogen and oxygen atoms in total. The van der Waals surface area contributed by atoms with Gasteiger partial charge in [0.1, 0.15) is 23.0 Å². The molecule has 3 rings (SSSR count). The molecular formula is C21H17N3O4. The molecular weight excluding hydrogens is 358 g/mol. The van der Waals surface area contributed by atoms with E-state index in [2.05, 4.69) is 16.6 Å². The maximum Gasteiger partial charge on any atom is 0.271 e. The van der Waals surface area contributed by atoms with Crippen molar-refractivity contribution in [1.29, 1.82) is 5.26 Å². The fourth-order valence-electron chi connectivity index (χ4n) is 2.52. The van der Waals surface area contributed by atoms with Crippen molar-refractivity contribution in [2.24, 2.45) is 5.10 Å². The van der Waals surface area contributed by atoms with Crippen LogP contribution in [0.3, 0.4) is 0 Å². The molecule has 28 heavy (non-hydrogen) atoms. The minimum atomic E-state index is -0.421. The summed E-state index contributed by atoms with van der Waals surface area (Å²) < 4.78 is 16.0. The molecule has 0 bridgehead atoms. The number of hydrogen-bond acceptors (Lipinski definition) is 6. The van der Waals surface area contributed by atoms with E-state index in [9.17, 15) is 10.1 Å². The highest BCUT2D eigenvalue weighted by Crippen LogP contribution is 2.25. The van der Waals surface area contributed by atoms with Gasteiger partial charge in [0.05, 0.1) is 32.1 Å². The van der Waals surface area contributed by atoms with E-state index >= 15 is 0 Å². The molecule has 1 N–H and O–H groups in total. The Kier molecular flexibility index (Phi) is 5.72. The summed E-state index contributed by atoms with van der Waals surface area (Å²) in [7, 11) is 3.02. The minimum absolute atomic E-state index is 0.344. The van der Waals surface area contributed by atoms with Crippen molar-refractivity contribution in [1.82, 2.24) is 5.43 Å². The fourth-order valence-corrected chi connectivity index (χ4v) is 2.52. The Bertz CT molecular complexity index is 1040. The second-order valence-electron chi connectivity index (χ2n) is 5.66. The average molecular weight is 375 g/mol. The summed E-state index contributed by atoms with van der Waals surface area (Å²) in [6.07, 6.45) is 1.38. The van der Waals surface area contributed by atoms with Crippen molar-refractivity contribution in [3.05, 3.63) is 71.5 Å². The average Bonchev–Trinajstić information content (AvgIpc) is 3.21. The number of methoxy groups -OCH3 is 2. The lowest BCUT2D eigenvalue weighted by Crippen LogP contribution is -2.17. The maximum atomic E-state index is 12.3. The molecule has 1 aromatic heterocycles. The quantitative estimate of drug-likeness (QED) is 0.524. The zero-order valence-electron chi connectivity index (χ0n) is 15.3. The van der Waals surface area contributed by atoms with Crippen LogP contribution in [0.5, 0.6) is 11.5 Å². The third kappa shape index (κ3) is 4.19. The first kappa shape index (κ1) is 18.7. The lowest BCUT2D eigenvalue weighted by molar-refractivity contribution is 0.0954. The van der Waals surface area contributed by atoms with Crippen molar-refractivity contribution < 1.29 is 18.7 Å². The van der Waals surface area contributed by atoms with Gasteiger partial charge in [-0.25, -0.2) is 5.43 Å². The smallest absolute Gasteiger partial charge is 0.271 e. The van der Waals surface area contributed by atoms with Crippen molar-refractivity contribution in [3.8, 4) is 28.9 Å². The Morgan fingerprint density at radius 3 is 2.50 bits per heavy atom. The summed E-state index contributed by atoms with van der Waals surface area (Å²) in [6.45, 7) is 0. The van der Waals surface area contributed by atoms with Crippen LogP contribution >= 0.6 is 0 Å². The Hall–Kier alpha value is -4.05. The zero-order chi connectivity index (χ0) is 19.9.